The third kappa shape index (κ3) is 3.95. The molecule has 2 heterocycles. The minimum Gasteiger partial charge on any atom is -0.450 e. The predicted octanol–water partition coefficient (Wildman–Crippen LogP) is 4.37. The topological polar surface area (TPSA) is 58.6 Å². The van der Waals surface area contributed by atoms with Crippen LogP contribution >= 0.6 is 0 Å². The van der Waals surface area contributed by atoms with Crippen molar-refractivity contribution in [1.82, 2.24) is 14.9 Å². The molecule has 1 fully saturated rings. The van der Waals surface area contributed by atoms with Gasteiger partial charge in [-0.05, 0) is 37.1 Å². The van der Waals surface area contributed by atoms with Crippen LogP contribution < -0.4 is 4.90 Å². The van der Waals surface area contributed by atoms with Gasteiger partial charge in [0.25, 0.3) is 0 Å². The number of aryl methyl sites for hydroxylation is 1. The van der Waals surface area contributed by atoms with Crippen LogP contribution in [0.2, 0.25) is 0 Å². The zero-order valence-corrected chi connectivity index (χ0v) is 17.8. The Labute approximate surface area is 177 Å². The summed E-state index contributed by atoms with van der Waals surface area (Å²) in [6, 6.07) is 16.6. The van der Waals surface area contributed by atoms with E-state index in [0.29, 0.717) is 19.7 Å². The summed E-state index contributed by atoms with van der Waals surface area (Å²) in [5, 5.41) is 1.04. The number of fused-ring (bicyclic) bond motifs is 1. The number of piperazine rings is 1. The van der Waals surface area contributed by atoms with Crippen molar-refractivity contribution in [1.29, 1.82) is 0 Å². The van der Waals surface area contributed by atoms with E-state index in [0.717, 1.165) is 35.6 Å². The first kappa shape index (κ1) is 20.1. The molecule has 6 nitrogen and oxygen atoms in total. The van der Waals surface area contributed by atoms with E-state index in [4.69, 9.17) is 14.7 Å². The Balaban J connectivity index is 1.67. The fourth-order valence-electron chi connectivity index (χ4n) is 4.04. The van der Waals surface area contributed by atoms with Gasteiger partial charge in [0.1, 0.15) is 11.6 Å². The summed E-state index contributed by atoms with van der Waals surface area (Å²) in [5.41, 5.74) is 3.43. The zero-order chi connectivity index (χ0) is 21.1. The van der Waals surface area contributed by atoms with Crippen LogP contribution in [-0.4, -0.2) is 53.7 Å². The molecule has 4 rings (SSSR count). The van der Waals surface area contributed by atoms with Crippen molar-refractivity contribution in [3.63, 3.8) is 0 Å². The standard InChI is InChI=1S/C24H28N4O2/c1-4-30-24(29)28-15-13-27(14-16-28)23-20-11-7-8-12-21(20)25-22(26-23)18(3)19-10-6-5-9-17(19)2/h5-12,18H,4,13-16H2,1-3H3. The van der Waals surface area contributed by atoms with Crippen LogP contribution in [0.15, 0.2) is 48.5 Å². The number of carbonyl (C=O) groups is 1. The summed E-state index contributed by atoms with van der Waals surface area (Å²) in [6.45, 7) is 9.21. The van der Waals surface area contributed by atoms with Crippen molar-refractivity contribution < 1.29 is 9.53 Å². The maximum Gasteiger partial charge on any atom is 0.409 e. The first-order valence-electron chi connectivity index (χ1n) is 10.6. The average Bonchev–Trinajstić information content (AvgIpc) is 2.78. The van der Waals surface area contributed by atoms with Gasteiger partial charge in [-0.15, -0.1) is 0 Å². The van der Waals surface area contributed by atoms with Gasteiger partial charge in [-0.2, -0.15) is 0 Å². The number of para-hydroxylation sites is 1. The Morgan fingerprint density at radius 2 is 1.73 bits per heavy atom. The monoisotopic (exact) mass is 404 g/mol. The third-order valence-corrected chi connectivity index (χ3v) is 5.75. The second-order valence-electron chi connectivity index (χ2n) is 7.67. The molecular formula is C24H28N4O2. The quantitative estimate of drug-likeness (QED) is 0.646. The highest BCUT2D eigenvalue weighted by molar-refractivity contribution is 5.89. The second-order valence-corrected chi connectivity index (χ2v) is 7.67. The van der Waals surface area contributed by atoms with E-state index in [2.05, 4.69) is 49.1 Å². The molecule has 156 valence electrons. The smallest absolute Gasteiger partial charge is 0.409 e. The summed E-state index contributed by atoms with van der Waals surface area (Å²) in [7, 11) is 0. The minimum atomic E-state index is -0.237. The van der Waals surface area contributed by atoms with Gasteiger partial charge in [-0.25, -0.2) is 14.8 Å². The molecule has 1 amide bonds. The molecule has 2 aromatic carbocycles. The van der Waals surface area contributed by atoms with Crippen LogP contribution in [0.25, 0.3) is 10.9 Å². The number of hydrogen-bond acceptors (Lipinski definition) is 5. The molecule has 0 N–H and O–H groups in total. The Morgan fingerprint density at radius 1 is 1.03 bits per heavy atom. The normalized spacial score (nSPS) is 15.3. The van der Waals surface area contributed by atoms with Crippen LogP contribution in [-0.2, 0) is 4.74 Å². The number of hydrogen-bond donors (Lipinski definition) is 0. The molecule has 1 aliphatic heterocycles. The van der Waals surface area contributed by atoms with Crippen LogP contribution in [0.5, 0.6) is 0 Å². The molecule has 0 spiro atoms. The molecule has 1 saturated heterocycles. The fraction of sp³-hybridized carbons (Fsp3) is 0.375. The lowest BCUT2D eigenvalue weighted by Gasteiger charge is -2.35. The van der Waals surface area contributed by atoms with Crippen LogP contribution in [0, 0.1) is 6.92 Å². The van der Waals surface area contributed by atoms with Gasteiger partial charge < -0.3 is 14.5 Å². The number of nitrogens with zero attached hydrogens (tertiary/aromatic N) is 4. The van der Waals surface area contributed by atoms with E-state index < -0.39 is 0 Å². The number of anilines is 1. The Bertz CT molecular complexity index is 1040. The summed E-state index contributed by atoms with van der Waals surface area (Å²) in [6.07, 6.45) is -0.237. The highest BCUT2D eigenvalue weighted by Gasteiger charge is 2.25. The fourth-order valence-corrected chi connectivity index (χ4v) is 4.04. The third-order valence-electron chi connectivity index (χ3n) is 5.75. The number of carbonyl (C=O) groups excluding carboxylic acids is 1. The zero-order valence-electron chi connectivity index (χ0n) is 17.8. The maximum atomic E-state index is 12.0. The molecule has 1 aromatic heterocycles. The van der Waals surface area contributed by atoms with E-state index in [1.54, 1.807) is 4.90 Å². The maximum absolute atomic E-state index is 12.0. The van der Waals surface area contributed by atoms with Crippen molar-refractivity contribution in [2.45, 2.75) is 26.7 Å². The van der Waals surface area contributed by atoms with Gasteiger partial charge in [-0.3, -0.25) is 0 Å². The first-order valence-corrected chi connectivity index (χ1v) is 10.6. The van der Waals surface area contributed by atoms with Gasteiger partial charge >= 0.3 is 6.09 Å². The van der Waals surface area contributed by atoms with Gasteiger partial charge in [0.2, 0.25) is 0 Å². The number of rotatable bonds is 4. The van der Waals surface area contributed by atoms with E-state index in [1.807, 2.05) is 25.1 Å². The minimum absolute atomic E-state index is 0.0929. The number of aromatic nitrogens is 2. The number of benzene rings is 2. The van der Waals surface area contributed by atoms with Crippen molar-refractivity contribution in [3.05, 3.63) is 65.5 Å². The lowest BCUT2D eigenvalue weighted by molar-refractivity contribution is 0.105. The largest absolute Gasteiger partial charge is 0.450 e. The molecule has 0 aliphatic carbocycles. The summed E-state index contributed by atoms with van der Waals surface area (Å²) >= 11 is 0. The summed E-state index contributed by atoms with van der Waals surface area (Å²) in [4.78, 5) is 26.0. The lowest BCUT2D eigenvalue weighted by Crippen LogP contribution is -2.49. The molecule has 6 heteroatoms. The number of ether oxygens (including phenoxy) is 1. The molecule has 0 radical (unpaired) electrons. The van der Waals surface area contributed by atoms with E-state index in [1.165, 1.54) is 11.1 Å². The predicted molar refractivity (Wildman–Crippen MR) is 119 cm³/mol. The first-order chi connectivity index (χ1) is 14.6. The summed E-state index contributed by atoms with van der Waals surface area (Å²) in [5.74, 6) is 1.86. The van der Waals surface area contributed by atoms with Crippen molar-refractivity contribution in [3.8, 4) is 0 Å². The van der Waals surface area contributed by atoms with Crippen molar-refractivity contribution in [2.75, 3.05) is 37.7 Å². The Kier molecular flexibility index (Phi) is 5.84. The van der Waals surface area contributed by atoms with Crippen LogP contribution in [0.4, 0.5) is 10.6 Å². The SMILES string of the molecule is CCOC(=O)N1CCN(c2nc(C(C)c3ccccc3C)nc3ccccc23)CC1. The van der Waals surface area contributed by atoms with Crippen LogP contribution in [0.3, 0.4) is 0 Å². The molecule has 0 bridgehead atoms. The van der Waals surface area contributed by atoms with Gasteiger partial charge in [0, 0.05) is 37.5 Å². The molecular weight excluding hydrogens is 376 g/mol. The second kappa shape index (κ2) is 8.69. The van der Waals surface area contributed by atoms with Gasteiger partial charge in [0.15, 0.2) is 0 Å². The average molecular weight is 405 g/mol. The number of amides is 1. The molecule has 1 unspecified atom stereocenters. The van der Waals surface area contributed by atoms with E-state index in [-0.39, 0.29) is 12.0 Å². The molecule has 1 aliphatic rings. The molecule has 30 heavy (non-hydrogen) atoms. The Hall–Kier alpha value is -3.15. The summed E-state index contributed by atoms with van der Waals surface area (Å²) < 4.78 is 5.15. The molecule has 1 atom stereocenters. The van der Waals surface area contributed by atoms with Gasteiger partial charge in [0.05, 0.1) is 12.1 Å². The Morgan fingerprint density at radius 3 is 2.47 bits per heavy atom. The van der Waals surface area contributed by atoms with Crippen molar-refractivity contribution in [2.24, 2.45) is 0 Å². The van der Waals surface area contributed by atoms with E-state index in [9.17, 15) is 4.79 Å². The van der Waals surface area contributed by atoms with Crippen LogP contribution in [0.1, 0.15) is 36.7 Å². The lowest BCUT2D eigenvalue weighted by atomic mass is 9.95. The highest BCUT2D eigenvalue weighted by Crippen LogP contribution is 2.30. The van der Waals surface area contributed by atoms with Crippen molar-refractivity contribution >= 4 is 22.8 Å². The molecule has 3 aromatic rings. The van der Waals surface area contributed by atoms with E-state index >= 15 is 0 Å². The molecule has 0 saturated carbocycles. The van der Waals surface area contributed by atoms with Gasteiger partial charge in [-0.1, -0.05) is 43.3 Å². The highest BCUT2D eigenvalue weighted by atomic mass is 16.6.